The van der Waals surface area contributed by atoms with Crippen LogP contribution in [0.25, 0.3) is 0 Å². The van der Waals surface area contributed by atoms with E-state index in [-0.39, 0.29) is 5.82 Å². The van der Waals surface area contributed by atoms with E-state index in [4.69, 9.17) is 0 Å². The predicted molar refractivity (Wildman–Crippen MR) is 26.0 cm³/mol. The second-order valence-corrected chi connectivity index (χ2v) is 1.91. The Hall–Kier alpha value is -0.356. The average Bonchev–Trinajstić information content (AvgIpc) is 1.77. The molecule has 0 atom stereocenters. The molecule has 0 bridgehead atoms. The summed E-state index contributed by atoms with van der Waals surface area (Å²) in [5.41, 5.74) is 0. The Morgan fingerprint density at radius 2 is 1.88 bits per heavy atom. The topological polar surface area (TPSA) is 0 Å². The second kappa shape index (κ2) is 2.28. The van der Waals surface area contributed by atoms with E-state index in [1.165, 1.54) is 6.07 Å². The van der Waals surface area contributed by atoms with Crippen molar-refractivity contribution in [2.45, 2.75) is 0 Å². The van der Waals surface area contributed by atoms with Gasteiger partial charge in [0.15, 0.2) is 0 Å². The van der Waals surface area contributed by atoms with Crippen LogP contribution in [-0.4, -0.2) is 0 Å². The summed E-state index contributed by atoms with van der Waals surface area (Å²) in [6, 6.07) is 6.29. The minimum absolute atomic E-state index is 0.299. The van der Waals surface area contributed by atoms with E-state index in [9.17, 15) is 4.39 Å². The summed E-state index contributed by atoms with van der Waals surface area (Å²) >= 11 is 4.29. The quantitative estimate of drug-likeness (QED) is 0.422. The molecule has 0 heterocycles. The van der Waals surface area contributed by atoms with Crippen LogP contribution in [0.2, 0.25) is 0 Å². The zero-order valence-electron chi connectivity index (χ0n) is 4.00. The van der Waals surface area contributed by atoms with Crippen molar-refractivity contribution in [3.63, 3.8) is 0 Å². The van der Waals surface area contributed by atoms with Gasteiger partial charge in [-0.1, -0.05) is 0 Å². The normalized spacial score (nSPS) is 9.38. The SMILES string of the molecule is Fc1cccc[c]1[1Ni]. The molecule has 1 aromatic rings. The van der Waals surface area contributed by atoms with E-state index in [1.54, 1.807) is 18.2 Å². The number of halogens is 1. The third kappa shape index (κ3) is 1.07. The van der Waals surface area contributed by atoms with Crippen molar-refractivity contribution in [3.05, 3.63) is 30.1 Å². The van der Waals surface area contributed by atoms with Crippen molar-refractivity contribution >= 4 is 4.53 Å². The van der Waals surface area contributed by atoms with Crippen LogP contribution in [0.3, 0.4) is 0 Å². The van der Waals surface area contributed by atoms with Gasteiger partial charge < -0.3 is 0 Å². The van der Waals surface area contributed by atoms with Crippen molar-refractivity contribution < 1.29 is 19.9 Å². The first kappa shape index (κ1) is 5.77. The fourth-order valence-corrected chi connectivity index (χ4v) is 0.606. The molecule has 0 radical (unpaired) electrons. The molecule has 0 N–H and O–H groups in total. The summed E-state index contributed by atoms with van der Waals surface area (Å²) < 4.78 is 12.6. The van der Waals surface area contributed by atoms with E-state index in [2.05, 4.69) is 15.5 Å². The van der Waals surface area contributed by atoms with E-state index in [0.29, 0.717) is 4.53 Å². The van der Waals surface area contributed by atoms with Gasteiger partial charge in [-0.05, 0) is 0 Å². The molecule has 0 aliphatic carbocycles. The monoisotopic (exact) mass is 96.0 g/mol. The van der Waals surface area contributed by atoms with Crippen LogP contribution in [0.1, 0.15) is 0 Å². The summed E-state index contributed by atoms with van der Waals surface area (Å²) in [5, 5.41) is 0. The van der Waals surface area contributed by atoms with Crippen molar-refractivity contribution in [1.29, 1.82) is 0 Å². The van der Waals surface area contributed by atoms with Gasteiger partial charge in [0.1, 0.15) is 0 Å². The maximum atomic E-state index is 12.2. The Bertz CT molecular complexity index is 165. The molecule has 1 rings (SSSR count). The molecule has 0 saturated carbocycles. The van der Waals surface area contributed by atoms with Crippen molar-refractivity contribution in [3.8, 4) is 0 Å². The first-order valence-corrected chi connectivity index (χ1v) is 2.67. The molecule has 0 amide bonds. The van der Waals surface area contributed by atoms with Gasteiger partial charge >= 0.3 is 54.5 Å². The fraction of sp³-hybridized carbons (Fsp3) is 0. The van der Waals surface area contributed by atoms with E-state index < -0.39 is 0 Å². The number of hydrogen-bond acceptors (Lipinski definition) is 0. The Labute approximate surface area is 55.1 Å². The van der Waals surface area contributed by atoms with Gasteiger partial charge in [-0.2, -0.15) is 0 Å². The summed E-state index contributed by atoms with van der Waals surface area (Å²) in [7, 11) is 0. The van der Waals surface area contributed by atoms with Crippen LogP contribution < -0.4 is 4.53 Å². The molecule has 0 saturated heterocycles. The van der Waals surface area contributed by atoms with Gasteiger partial charge in [-0.15, -0.1) is 0 Å². The molecule has 0 aliphatic rings. The fourth-order valence-electron chi connectivity index (χ4n) is 0.428. The molecule has 0 fully saturated rings. The van der Waals surface area contributed by atoms with Crippen LogP contribution in [0.4, 0.5) is 4.39 Å². The Kier molecular flexibility index (Phi) is 1.64. The number of rotatable bonds is 0. The molecule has 2 heteroatoms. The van der Waals surface area contributed by atoms with Gasteiger partial charge in [0.2, 0.25) is 0 Å². The van der Waals surface area contributed by atoms with E-state index in [1.807, 2.05) is 0 Å². The van der Waals surface area contributed by atoms with Crippen LogP contribution in [0.5, 0.6) is 0 Å². The van der Waals surface area contributed by atoms with Gasteiger partial charge in [0, 0.05) is 0 Å². The third-order valence-corrected chi connectivity index (χ3v) is 1.20. The van der Waals surface area contributed by atoms with Crippen LogP contribution in [0.15, 0.2) is 24.3 Å². The average molecular weight is 96.1 g/mol. The van der Waals surface area contributed by atoms with Crippen molar-refractivity contribution in [2.75, 3.05) is 0 Å². The van der Waals surface area contributed by atoms with Crippen LogP contribution in [-0.2, 0) is 15.5 Å². The molecule has 0 unspecified atom stereocenters. The standard InChI is InChI=1S/C6H4F.Ni/c7-6-4-2-1-3-5-6;/h1-4H;/i;1-58. The molecule has 0 nitrogen and oxygen atoms in total. The second-order valence-electron chi connectivity index (χ2n) is 1.38. The van der Waals surface area contributed by atoms with E-state index in [0.717, 1.165) is 0 Å². The zero-order chi connectivity index (χ0) is 5.98. The minimum atomic E-state index is -0.299. The molecule has 1 aromatic carbocycles. The first-order chi connectivity index (χ1) is 3.80. The summed E-state index contributed by atoms with van der Waals surface area (Å²) in [6.45, 7) is 0. The Balaban J connectivity index is 3.13. The molecular weight excluding hydrogens is 92.1 g/mol. The van der Waals surface area contributed by atoms with Gasteiger partial charge in [-0.3, -0.25) is 0 Å². The predicted octanol–water partition coefficient (Wildman–Crippen LogP) is 0.998. The molecule has 0 spiro atoms. The maximum absolute atomic E-state index is 12.2. The Morgan fingerprint density at radius 1 is 1.25 bits per heavy atom. The van der Waals surface area contributed by atoms with Crippen molar-refractivity contribution in [2.24, 2.45) is 0 Å². The molecule has 0 aliphatic heterocycles. The molecule has 0 aromatic heterocycles. The summed E-state index contributed by atoms with van der Waals surface area (Å²) in [4.78, 5) is 0. The molecular formula is C6H4FNi. The number of benzene rings is 1. The van der Waals surface area contributed by atoms with Crippen LogP contribution >= 0.6 is 0 Å². The zero-order valence-corrected chi connectivity index (χ0v) is 4.99. The molecule has 8 heavy (non-hydrogen) atoms. The van der Waals surface area contributed by atoms with E-state index >= 15 is 0 Å². The number of hydrogen-bond donors (Lipinski definition) is 0. The Morgan fingerprint density at radius 3 is 2.25 bits per heavy atom. The summed E-state index contributed by atoms with van der Waals surface area (Å²) in [5.74, 6) is -0.299. The first-order valence-electron chi connectivity index (χ1n) is 2.17. The van der Waals surface area contributed by atoms with Gasteiger partial charge in [0.05, 0.1) is 0 Å². The summed E-state index contributed by atoms with van der Waals surface area (Å²) in [6.07, 6.45) is 0. The van der Waals surface area contributed by atoms with Gasteiger partial charge in [-0.25, -0.2) is 0 Å². The molecule has 45 valence electrons. The third-order valence-electron chi connectivity index (χ3n) is 0.799. The van der Waals surface area contributed by atoms with Gasteiger partial charge in [0.25, 0.3) is 0 Å². The van der Waals surface area contributed by atoms with Crippen molar-refractivity contribution in [1.82, 2.24) is 0 Å². The van der Waals surface area contributed by atoms with Crippen LogP contribution in [0, 0.1) is 5.82 Å².